The number of hydrogen-bond acceptors (Lipinski definition) is 28. The molecule has 0 spiro atoms. The van der Waals surface area contributed by atoms with Gasteiger partial charge in [-0.25, -0.2) is 0 Å². The lowest BCUT2D eigenvalue weighted by Gasteiger charge is -2.28. The number of phenols is 2. The molecule has 0 aromatic heterocycles. The number of carbonyl (C=O) groups is 20. The monoisotopic (exact) mass is 1870 g/mol. The maximum absolute atomic E-state index is 14.9. The number of hydrogen-bond donors (Lipinski definition) is 17. The summed E-state index contributed by atoms with van der Waals surface area (Å²) in [6.45, 7) is 9.80. The van der Waals surface area contributed by atoms with Crippen molar-refractivity contribution in [1.82, 2.24) is 42.1 Å². The molecule has 1 unspecified atom stereocenters. The Morgan fingerprint density at radius 2 is 0.902 bits per heavy atom. The number of nitrogens with zero attached hydrogens (tertiary/aromatic N) is 1. The molecule has 728 valence electrons. The summed E-state index contributed by atoms with van der Waals surface area (Å²) in [7, 11) is 0. The first kappa shape index (κ1) is 113. The summed E-state index contributed by atoms with van der Waals surface area (Å²) >= 11 is 0.859. The zero-order chi connectivity index (χ0) is 98.8. The number of aromatic hydroxyl groups is 2. The Kier molecular flexibility index (Phi) is 49.5. The molecule has 1 aliphatic rings. The van der Waals surface area contributed by atoms with E-state index in [-0.39, 0.29) is 105 Å². The number of phenolic OH excluding ortho intramolecular Hbond substituents is 2. The first-order valence-corrected chi connectivity index (χ1v) is 45.5. The summed E-state index contributed by atoms with van der Waals surface area (Å²) in [5.41, 5.74) is 6.76. The SMILES string of the molecule is CC[C@H](C)[C@H](NC(=O)[C@H](CO)CC(=O)[C@H](Cc1ccc(O)cc1)NC(=O)[C@H](CC(=O)O)CC(=O)[C@H](CO)NC(=O)[C@@H](CC(=O)[C@H](Cc1ccccc1)NC(=O)[C@@H](CC(=O)CNC(=O)[C@H](CCC(=O)O)CC(=O)CC(C)CC(=O)CCCN1C(=O)CSC1=O)[C@@H](C)O)[C@@H](C)O)C(=O)C[C@@H](Cc1ccc(O)cc1)C(=O)N[C@@H](CC(C)C)C(=O)C[C@@H](CC(=O)O)C(=O)N[C@H](C)CCCCN. The average Bonchev–Trinajstić information content (AvgIpc) is 0.947. The summed E-state index contributed by atoms with van der Waals surface area (Å²) in [4.78, 5) is 273. The quantitative estimate of drug-likeness (QED) is 0.0360. The van der Waals surface area contributed by atoms with Gasteiger partial charge in [0.25, 0.3) is 5.24 Å². The number of benzene rings is 3. The van der Waals surface area contributed by atoms with Gasteiger partial charge in [-0.1, -0.05) is 114 Å². The number of ketones is 8. The Balaban J connectivity index is 1.53. The number of imide groups is 1. The van der Waals surface area contributed by atoms with Gasteiger partial charge in [-0.05, 0) is 137 Å². The Hall–Kier alpha value is -11.4. The van der Waals surface area contributed by atoms with Crippen molar-refractivity contribution in [1.29, 1.82) is 0 Å². The fraction of sp³-hybridized carbons (Fsp3) is 0.591. The van der Waals surface area contributed by atoms with E-state index in [0.717, 1.165) is 30.5 Å². The van der Waals surface area contributed by atoms with Crippen LogP contribution in [0.3, 0.4) is 0 Å². The molecular formula is C93H131N9O29S. The molecule has 0 radical (unpaired) electrons. The standard InChI is InChI=1S/C93H131N9O29S/c1-9-53(5)85(80(116)41-61(35-58-20-25-65(107)26-21-58)88(126)97-72(32-51(2)3)76(112)39-62(43-83(120)121)87(125)96-54(6)16-13-14-30-94)101-90(128)64(48-103)42-77(113)73(37-59-22-27-66(108)28-23-59)98-89(127)63(44-84(122)123)40-78(114)75(49-104)100-92(130)71(56(8)106)46-79(115)74(36-57-17-11-10-12-18-57)99-91(129)70(55(7)105)45-69(111)47-95-86(124)60(24-29-82(118)119)38-68(110)34-52(4)33-67(109)19-15-31-102-81(117)50-132-93(102)131/h10-12,17-18,20-23,25-28,51-56,60-64,70-75,85,103-108H,9,13-16,19,24,29-50,94H2,1-8H3,(H,95,124)(H,96,125)(H,97,126)(H,98,127)(H,99,129)(H,100,130)(H,101,128)(H,118,119)(H,120,121)(H,122,123)/t52?,53-,54+,55+,56+,60+,61+,62-,63-,64-,70-,71-,72-,73-,74-,75-,85-/m0/s1. The minimum absolute atomic E-state index is 0.0166. The zero-order valence-corrected chi connectivity index (χ0v) is 76.8. The summed E-state index contributed by atoms with van der Waals surface area (Å²) in [5.74, 6) is -30.6. The van der Waals surface area contributed by atoms with Crippen molar-refractivity contribution >= 4 is 128 Å². The van der Waals surface area contributed by atoms with Crippen molar-refractivity contribution in [2.75, 3.05) is 38.6 Å². The normalized spacial score (nSPS) is 15.9. The van der Waals surface area contributed by atoms with Crippen LogP contribution in [0.25, 0.3) is 0 Å². The van der Waals surface area contributed by atoms with Gasteiger partial charge in [0.05, 0.1) is 104 Å². The van der Waals surface area contributed by atoms with Crippen molar-refractivity contribution in [3.8, 4) is 11.5 Å². The molecular weight excluding hydrogens is 1740 g/mol. The number of aliphatic carboxylic acids is 3. The highest BCUT2D eigenvalue weighted by Gasteiger charge is 2.41. The number of carbonyl (C=O) groups excluding carboxylic acids is 17. The topological polar surface area (TPSA) is 637 Å². The molecule has 39 heteroatoms. The predicted molar refractivity (Wildman–Crippen MR) is 479 cm³/mol. The van der Waals surface area contributed by atoms with Gasteiger partial charge < -0.3 is 88.9 Å². The van der Waals surface area contributed by atoms with Crippen molar-refractivity contribution in [3.05, 3.63) is 95.6 Å². The van der Waals surface area contributed by atoms with E-state index in [2.05, 4.69) is 37.2 Å². The first-order valence-electron chi connectivity index (χ1n) is 44.6. The zero-order valence-electron chi connectivity index (χ0n) is 76.0. The van der Waals surface area contributed by atoms with Crippen molar-refractivity contribution in [3.63, 3.8) is 0 Å². The largest absolute Gasteiger partial charge is 0.508 e. The molecule has 3 aromatic carbocycles. The summed E-state index contributed by atoms with van der Waals surface area (Å²) in [5, 5.41) is 111. The van der Waals surface area contributed by atoms with Crippen LogP contribution in [-0.4, -0.2) is 255 Å². The number of aliphatic hydroxyl groups excluding tert-OH is 4. The molecule has 1 fully saturated rings. The lowest BCUT2D eigenvalue weighted by atomic mass is 9.85. The average molecular weight is 1870 g/mol. The van der Waals surface area contributed by atoms with Gasteiger partial charge >= 0.3 is 17.9 Å². The van der Waals surface area contributed by atoms with E-state index in [1.807, 2.05) is 0 Å². The van der Waals surface area contributed by atoms with Crippen LogP contribution in [-0.2, 0) is 110 Å². The van der Waals surface area contributed by atoms with Crippen LogP contribution in [0.4, 0.5) is 4.79 Å². The maximum Gasteiger partial charge on any atom is 0.304 e. The van der Waals surface area contributed by atoms with E-state index in [1.165, 1.54) is 48.5 Å². The van der Waals surface area contributed by atoms with Gasteiger partial charge in [-0.15, -0.1) is 0 Å². The van der Waals surface area contributed by atoms with Crippen molar-refractivity contribution < 1.29 is 142 Å². The van der Waals surface area contributed by atoms with Gasteiger partial charge in [0, 0.05) is 95.1 Å². The summed E-state index contributed by atoms with van der Waals surface area (Å²) < 4.78 is 0. The number of Topliss-reactive ketones (excluding diaryl/α,β-unsaturated/α-hetero) is 8. The van der Waals surface area contributed by atoms with Gasteiger partial charge in [0.1, 0.15) is 29.1 Å². The van der Waals surface area contributed by atoms with E-state index in [4.69, 9.17) is 5.73 Å². The van der Waals surface area contributed by atoms with E-state index in [0.29, 0.717) is 36.9 Å². The number of rotatable bonds is 67. The number of carboxylic acids is 3. The second-order valence-electron chi connectivity index (χ2n) is 34.9. The molecule has 9 amide bonds. The number of carboxylic acid groups (broad SMARTS) is 3. The number of nitrogens with two attached hydrogens (primary N) is 1. The Morgan fingerprint density at radius 3 is 1.41 bits per heavy atom. The molecule has 0 bridgehead atoms. The van der Waals surface area contributed by atoms with Crippen LogP contribution < -0.4 is 43.0 Å². The highest BCUT2D eigenvalue weighted by Crippen LogP contribution is 2.28. The van der Waals surface area contributed by atoms with E-state index >= 15 is 0 Å². The molecule has 3 aromatic rings. The van der Waals surface area contributed by atoms with Gasteiger partial charge in [0.2, 0.25) is 47.3 Å². The van der Waals surface area contributed by atoms with Gasteiger partial charge in [-0.2, -0.15) is 0 Å². The van der Waals surface area contributed by atoms with Crippen LogP contribution in [0.1, 0.15) is 200 Å². The van der Waals surface area contributed by atoms with E-state index in [9.17, 15) is 142 Å². The molecule has 38 nitrogen and oxygen atoms in total. The molecule has 1 heterocycles. The number of aliphatic hydroxyl groups is 4. The molecule has 1 aliphatic heterocycles. The van der Waals surface area contributed by atoms with Crippen LogP contribution in [0, 0.1) is 59.2 Å². The lowest BCUT2D eigenvalue weighted by molar-refractivity contribution is -0.143. The molecule has 132 heavy (non-hydrogen) atoms. The third-order valence-corrected chi connectivity index (χ3v) is 23.9. The Bertz CT molecular complexity index is 4440. The van der Waals surface area contributed by atoms with Crippen LogP contribution in [0.15, 0.2) is 78.9 Å². The summed E-state index contributed by atoms with van der Waals surface area (Å²) in [6.07, 6.45) is -10.2. The second-order valence-corrected chi connectivity index (χ2v) is 35.8. The first-order chi connectivity index (χ1) is 62.3. The van der Waals surface area contributed by atoms with E-state index in [1.54, 1.807) is 71.9 Å². The third-order valence-electron chi connectivity index (χ3n) is 23.0. The van der Waals surface area contributed by atoms with Crippen molar-refractivity contribution in [2.45, 2.75) is 252 Å². The molecule has 1 saturated heterocycles. The Labute approximate surface area is 770 Å². The lowest BCUT2D eigenvalue weighted by Crippen LogP contribution is -2.52. The molecule has 17 atom stereocenters. The predicted octanol–water partition coefficient (Wildman–Crippen LogP) is 3.44. The highest BCUT2D eigenvalue weighted by molar-refractivity contribution is 8.14. The second kappa shape index (κ2) is 57.8. The minimum atomic E-state index is -2.00. The van der Waals surface area contributed by atoms with Crippen LogP contribution in [0.5, 0.6) is 11.5 Å². The van der Waals surface area contributed by atoms with Crippen molar-refractivity contribution in [2.24, 2.45) is 64.9 Å². The molecule has 18 N–H and O–H groups in total. The molecule has 0 saturated carbocycles. The third kappa shape index (κ3) is 40.8. The minimum Gasteiger partial charge on any atom is -0.508 e. The smallest absolute Gasteiger partial charge is 0.304 e. The van der Waals surface area contributed by atoms with Gasteiger partial charge in [-0.3, -0.25) is 101 Å². The van der Waals surface area contributed by atoms with Gasteiger partial charge in [0.15, 0.2) is 34.7 Å². The maximum atomic E-state index is 14.9. The fourth-order valence-electron chi connectivity index (χ4n) is 15.2. The fourth-order valence-corrected chi connectivity index (χ4v) is 16.0. The highest BCUT2D eigenvalue weighted by atomic mass is 32.2. The molecule has 4 rings (SSSR count). The molecule has 0 aliphatic carbocycles. The number of unbranched alkanes of at least 4 members (excludes halogenated alkanes) is 1. The van der Waals surface area contributed by atoms with Crippen LogP contribution in [0.2, 0.25) is 0 Å². The van der Waals surface area contributed by atoms with Crippen LogP contribution >= 0.6 is 11.8 Å². The number of nitrogens with one attached hydrogen (secondary N) is 7. The number of amides is 9. The summed E-state index contributed by atoms with van der Waals surface area (Å²) in [6, 6.07) is 10.4. The number of thioether (sulfide) groups is 1. The van der Waals surface area contributed by atoms with E-state index < -0.39 is 297 Å². The Morgan fingerprint density at radius 1 is 0.432 bits per heavy atom.